The average Bonchev–Trinajstić information content (AvgIpc) is 3.39. The van der Waals surface area contributed by atoms with Crippen molar-refractivity contribution in [2.75, 3.05) is 27.8 Å². The van der Waals surface area contributed by atoms with Gasteiger partial charge in [-0.05, 0) is 87.9 Å². The van der Waals surface area contributed by atoms with Gasteiger partial charge in [0.1, 0.15) is 41.4 Å². The second-order valence-corrected chi connectivity index (χ2v) is 16.8. The van der Waals surface area contributed by atoms with E-state index in [1.165, 1.54) is 0 Å². The Bertz CT molecular complexity index is 1250. The van der Waals surface area contributed by atoms with Crippen molar-refractivity contribution in [3.05, 3.63) is 11.3 Å². The molecule has 0 amide bonds. The fraction of sp³-hybridized carbons (Fsp3) is 0.923. The first-order valence-corrected chi connectivity index (χ1v) is 19.3. The third-order valence-corrected chi connectivity index (χ3v) is 12.3. The molecule has 13 heteroatoms. The molecule has 0 saturated carbocycles. The van der Waals surface area contributed by atoms with Gasteiger partial charge in [0.15, 0.2) is 12.6 Å². The fourth-order valence-corrected chi connectivity index (χ4v) is 9.21. The molecule has 3 saturated heterocycles. The Hall–Kier alpha value is -1.39. The lowest BCUT2D eigenvalue weighted by atomic mass is 9.78. The van der Waals surface area contributed by atoms with Crippen molar-refractivity contribution in [1.82, 2.24) is 4.90 Å². The predicted molar refractivity (Wildman–Crippen MR) is 193 cm³/mol. The van der Waals surface area contributed by atoms with Gasteiger partial charge in [-0.25, -0.2) is 0 Å². The van der Waals surface area contributed by atoms with Crippen molar-refractivity contribution in [2.24, 2.45) is 17.8 Å². The quantitative estimate of drug-likeness (QED) is 0.293. The molecule has 0 aromatic carbocycles. The highest BCUT2D eigenvalue weighted by molar-refractivity contribution is 5.73. The molecule has 0 aromatic rings. The number of methoxy groups -OCH3 is 1. The Morgan fingerprint density at radius 2 is 1.62 bits per heavy atom. The minimum Gasteiger partial charge on any atom is -0.489 e. The molecule has 0 aliphatic carbocycles. The SMILES string of the molecule is CCO[C@@H]1[C@@H](C)C2=C(C)C[C@@](C)(O2)[C@H](O[C@@H]2O[C@H](C)C[C@H](N(C)C)[C@H]2O)[C@@H](C)[C@H](O[C@H]2C[C@@](C)(OC)[C@@H](O)[C@H](C)O2)[C@@H](C)C(=O)O[C@H](CC)[C@@]1(C)O. The van der Waals surface area contributed by atoms with Crippen molar-refractivity contribution in [3.8, 4) is 0 Å². The van der Waals surface area contributed by atoms with Crippen LogP contribution in [0, 0.1) is 17.8 Å². The van der Waals surface area contributed by atoms with E-state index >= 15 is 0 Å². The molecule has 0 radical (unpaired) electrons. The largest absolute Gasteiger partial charge is 0.489 e. The summed E-state index contributed by atoms with van der Waals surface area (Å²) in [5.41, 5.74) is -2.60. The number of ether oxygens (including phenoxy) is 8. The summed E-state index contributed by atoms with van der Waals surface area (Å²) in [6.07, 6.45) is -6.34. The smallest absolute Gasteiger partial charge is 0.311 e. The number of carbonyl (C=O) groups excluding carboxylic acids is 1. The zero-order chi connectivity index (χ0) is 39.1. The molecule has 0 unspecified atom stereocenters. The molecule has 3 N–H and O–H groups in total. The number of nitrogens with zero attached hydrogens (tertiary/aromatic N) is 1. The monoisotopic (exact) mass is 743 g/mol. The molecule has 52 heavy (non-hydrogen) atoms. The van der Waals surface area contributed by atoms with E-state index in [-0.39, 0.29) is 18.6 Å². The van der Waals surface area contributed by atoms with Crippen LogP contribution in [0.25, 0.3) is 0 Å². The van der Waals surface area contributed by atoms with Gasteiger partial charge in [0, 0.05) is 44.4 Å². The summed E-state index contributed by atoms with van der Waals surface area (Å²) in [4.78, 5) is 16.3. The topological polar surface area (TPSA) is 155 Å². The van der Waals surface area contributed by atoms with Crippen LogP contribution < -0.4 is 0 Å². The van der Waals surface area contributed by atoms with Crippen molar-refractivity contribution in [1.29, 1.82) is 0 Å². The third-order valence-electron chi connectivity index (χ3n) is 12.3. The van der Waals surface area contributed by atoms with Gasteiger partial charge in [0.2, 0.25) is 0 Å². The first-order valence-electron chi connectivity index (χ1n) is 19.3. The van der Waals surface area contributed by atoms with Crippen molar-refractivity contribution in [2.45, 2.75) is 186 Å². The highest BCUT2D eigenvalue weighted by Crippen LogP contribution is 2.48. The minimum atomic E-state index is -1.59. The van der Waals surface area contributed by atoms with E-state index in [2.05, 4.69) is 0 Å². The third kappa shape index (κ3) is 8.54. The molecule has 4 rings (SSSR count). The van der Waals surface area contributed by atoms with Crippen LogP contribution in [-0.2, 0) is 42.7 Å². The normalized spacial score (nSPS) is 48.1. The van der Waals surface area contributed by atoms with Gasteiger partial charge in [-0.2, -0.15) is 0 Å². The van der Waals surface area contributed by atoms with E-state index < -0.39 is 95.8 Å². The Morgan fingerprint density at radius 1 is 0.962 bits per heavy atom. The number of rotatable bonds is 9. The van der Waals surface area contributed by atoms with Crippen LogP contribution in [0.15, 0.2) is 11.3 Å². The Morgan fingerprint density at radius 3 is 2.19 bits per heavy atom. The number of carbonyl (C=O) groups is 1. The molecule has 0 aromatic heterocycles. The number of likely N-dealkylation sites (N-methyl/N-ethyl adjacent to an activating group) is 1. The Labute approximate surface area is 311 Å². The van der Waals surface area contributed by atoms with Gasteiger partial charge in [0.05, 0.1) is 35.9 Å². The standard InChI is InChI=1S/C39H69NO12/c1-15-27-39(11,44)34(46-16-2)22(5)30-20(3)18-38(10,52-30)33(51-36-29(41)26(40(12)13)17-21(4)47-36)23(6)31(24(7)35(43)49-27)50-28-19-37(9,45-14)32(42)25(8)48-28/h21-29,31-34,36,41-42,44H,15-19H2,1-14H3/t21-,22+,23+,24-,25+,26+,27-,28+,29-,31+,32+,33-,34-,36+,37-,38-,39-/m1/s1. The molecular formula is C39H69NO12. The molecular weight excluding hydrogens is 674 g/mol. The van der Waals surface area contributed by atoms with E-state index in [4.69, 9.17) is 37.9 Å². The van der Waals surface area contributed by atoms with Crippen LogP contribution >= 0.6 is 0 Å². The molecule has 2 bridgehead atoms. The van der Waals surface area contributed by atoms with Crippen molar-refractivity contribution < 1.29 is 58.0 Å². The summed E-state index contributed by atoms with van der Waals surface area (Å²) < 4.78 is 51.5. The van der Waals surface area contributed by atoms with Crippen LogP contribution in [0.5, 0.6) is 0 Å². The molecule has 4 aliphatic heterocycles. The second-order valence-electron chi connectivity index (χ2n) is 16.8. The minimum absolute atomic E-state index is 0.191. The van der Waals surface area contributed by atoms with Gasteiger partial charge in [0.25, 0.3) is 0 Å². The summed E-state index contributed by atoms with van der Waals surface area (Å²) in [7, 11) is 5.39. The van der Waals surface area contributed by atoms with Gasteiger partial charge in [-0.1, -0.05) is 20.8 Å². The summed E-state index contributed by atoms with van der Waals surface area (Å²) >= 11 is 0. The van der Waals surface area contributed by atoms with Crippen molar-refractivity contribution in [3.63, 3.8) is 0 Å². The highest BCUT2D eigenvalue weighted by Gasteiger charge is 2.56. The molecule has 302 valence electrons. The van der Waals surface area contributed by atoms with E-state index in [0.717, 1.165) is 5.57 Å². The fourth-order valence-electron chi connectivity index (χ4n) is 9.21. The maximum atomic E-state index is 14.3. The molecule has 0 spiro atoms. The number of fused-ring (bicyclic) bond motifs is 2. The first kappa shape index (κ1) is 43.3. The zero-order valence-corrected chi connectivity index (χ0v) is 34.1. The average molecular weight is 744 g/mol. The molecule has 3 fully saturated rings. The number of aliphatic hydroxyl groups excluding tert-OH is 2. The van der Waals surface area contributed by atoms with E-state index in [9.17, 15) is 20.1 Å². The van der Waals surface area contributed by atoms with Gasteiger partial charge in [-0.3, -0.25) is 4.79 Å². The van der Waals surface area contributed by atoms with Gasteiger partial charge < -0.3 is 58.1 Å². The lowest BCUT2D eigenvalue weighted by molar-refractivity contribution is -0.316. The maximum absolute atomic E-state index is 14.3. The lowest BCUT2D eigenvalue weighted by Gasteiger charge is -2.48. The van der Waals surface area contributed by atoms with Gasteiger partial charge >= 0.3 is 5.97 Å². The molecule has 4 aliphatic rings. The summed E-state index contributed by atoms with van der Waals surface area (Å²) in [5, 5.41) is 34.8. The number of hydrogen-bond acceptors (Lipinski definition) is 13. The maximum Gasteiger partial charge on any atom is 0.311 e. The number of aliphatic hydroxyl groups is 3. The molecule has 4 heterocycles. The van der Waals surface area contributed by atoms with Crippen LogP contribution in [-0.4, -0.2) is 138 Å². The summed E-state index contributed by atoms with van der Waals surface area (Å²) in [5.74, 6) is -1.78. The number of hydrogen-bond donors (Lipinski definition) is 3. The predicted octanol–water partition coefficient (Wildman–Crippen LogP) is 3.94. The lowest BCUT2D eigenvalue weighted by Crippen LogP contribution is -2.60. The van der Waals surface area contributed by atoms with Crippen LogP contribution in [0.2, 0.25) is 0 Å². The van der Waals surface area contributed by atoms with Gasteiger partial charge in [-0.15, -0.1) is 0 Å². The van der Waals surface area contributed by atoms with Crippen molar-refractivity contribution >= 4 is 5.97 Å². The highest BCUT2D eigenvalue weighted by atomic mass is 16.7. The van der Waals surface area contributed by atoms with E-state index in [0.29, 0.717) is 31.6 Å². The van der Waals surface area contributed by atoms with Crippen LogP contribution in [0.1, 0.15) is 102 Å². The Balaban J connectivity index is 1.86. The molecule has 17 atom stereocenters. The summed E-state index contributed by atoms with van der Waals surface area (Å²) in [6.45, 7) is 20.9. The second kappa shape index (κ2) is 16.8. The zero-order valence-electron chi connectivity index (χ0n) is 34.1. The van der Waals surface area contributed by atoms with E-state index in [1.807, 2.05) is 74.4 Å². The van der Waals surface area contributed by atoms with E-state index in [1.54, 1.807) is 27.9 Å². The van der Waals surface area contributed by atoms with Crippen LogP contribution in [0.3, 0.4) is 0 Å². The summed E-state index contributed by atoms with van der Waals surface area (Å²) in [6, 6.07) is -0.219. The molecule has 13 nitrogen and oxygen atoms in total. The number of cyclic esters (lactones) is 1. The Kier molecular flexibility index (Phi) is 14.0. The van der Waals surface area contributed by atoms with Crippen LogP contribution in [0.4, 0.5) is 0 Å². The number of esters is 1. The first-order chi connectivity index (χ1) is 24.1.